The van der Waals surface area contributed by atoms with Gasteiger partial charge in [0.05, 0.1) is 0 Å². The Kier molecular flexibility index (Phi) is 7.90. The molecule has 0 fully saturated rings. The highest BCUT2D eigenvalue weighted by Crippen LogP contribution is 2.05. The minimum atomic E-state index is -0.428. The molecule has 0 saturated heterocycles. The molecular formula is C16H23FN2OS. The van der Waals surface area contributed by atoms with Crippen LogP contribution in [0.1, 0.15) is 49.9 Å². The molecule has 1 aromatic rings. The number of carbonyl (C=O) groups excluding carboxylic acids is 1. The molecule has 0 aromatic heterocycles. The van der Waals surface area contributed by atoms with Crippen molar-refractivity contribution in [2.75, 3.05) is 13.1 Å². The van der Waals surface area contributed by atoms with E-state index in [9.17, 15) is 9.18 Å². The number of nitrogens with one attached hydrogen (secondary N) is 1. The summed E-state index contributed by atoms with van der Waals surface area (Å²) in [5.74, 6) is -0.792. The molecule has 1 aromatic carbocycles. The number of rotatable bonds is 7. The van der Waals surface area contributed by atoms with Crippen molar-refractivity contribution in [2.24, 2.45) is 0 Å². The van der Waals surface area contributed by atoms with E-state index in [2.05, 4.69) is 19.2 Å². The lowest BCUT2D eigenvalue weighted by molar-refractivity contribution is 0.0972. The Balaban J connectivity index is 2.64. The van der Waals surface area contributed by atoms with Gasteiger partial charge in [0, 0.05) is 18.7 Å². The molecule has 0 radical (unpaired) electrons. The molecule has 0 saturated carbocycles. The summed E-state index contributed by atoms with van der Waals surface area (Å²) in [5, 5.41) is 3.12. The van der Waals surface area contributed by atoms with Gasteiger partial charge in [-0.2, -0.15) is 0 Å². The second-order valence-corrected chi connectivity index (χ2v) is 5.35. The van der Waals surface area contributed by atoms with E-state index in [0.29, 0.717) is 5.11 Å². The number of halogens is 1. The van der Waals surface area contributed by atoms with Gasteiger partial charge >= 0.3 is 0 Å². The maximum atomic E-state index is 13.1. The van der Waals surface area contributed by atoms with Gasteiger partial charge in [-0.3, -0.25) is 10.1 Å². The van der Waals surface area contributed by atoms with E-state index in [4.69, 9.17) is 12.2 Å². The van der Waals surface area contributed by atoms with Crippen LogP contribution in [0.4, 0.5) is 4.39 Å². The Hall–Kier alpha value is -1.49. The van der Waals surface area contributed by atoms with Gasteiger partial charge in [0.25, 0.3) is 5.91 Å². The van der Waals surface area contributed by atoms with E-state index in [1.54, 1.807) is 6.07 Å². The van der Waals surface area contributed by atoms with Crippen molar-refractivity contribution in [1.29, 1.82) is 0 Å². The highest BCUT2D eigenvalue weighted by atomic mass is 32.1. The Morgan fingerprint density at radius 1 is 1.24 bits per heavy atom. The molecule has 0 bridgehead atoms. The first-order chi connectivity index (χ1) is 10.1. The fourth-order valence-electron chi connectivity index (χ4n) is 1.89. The van der Waals surface area contributed by atoms with Gasteiger partial charge in [0.2, 0.25) is 0 Å². The predicted octanol–water partition coefficient (Wildman–Crippen LogP) is 3.74. The SMILES string of the molecule is CCCCN(CCCC)C(=S)NC(=O)c1cccc(F)c1. The maximum absolute atomic E-state index is 13.1. The molecule has 0 heterocycles. The highest BCUT2D eigenvalue weighted by molar-refractivity contribution is 7.80. The lowest BCUT2D eigenvalue weighted by atomic mass is 10.2. The van der Waals surface area contributed by atoms with Gasteiger partial charge in [-0.25, -0.2) is 4.39 Å². The third-order valence-electron chi connectivity index (χ3n) is 3.16. The van der Waals surface area contributed by atoms with Crippen LogP contribution in [0.15, 0.2) is 24.3 Å². The van der Waals surface area contributed by atoms with Crippen molar-refractivity contribution in [3.63, 3.8) is 0 Å². The van der Waals surface area contributed by atoms with Gasteiger partial charge in [-0.05, 0) is 43.3 Å². The molecule has 3 nitrogen and oxygen atoms in total. The molecule has 0 aliphatic carbocycles. The number of unbranched alkanes of at least 4 members (excludes halogenated alkanes) is 2. The van der Waals surface area contributed by atoms with Gasteiger partial charge in [0.1, 0.15) is 5.82 Å². The van der Waals surface area contributed by atoms with E-state index < -0.39 is 5.82 Å². The summed E-state index contributed by atoms with van der Waals surface area (Å²) in [6.07, 6.45) is 4.20. The van der Waals surface area contributed by atoms with Crippen molar-refractivity contribution < 1.29 is 9.18 Å². The molecule has 0 spiro atoms. The van der Waals surface area contributed by atoms with Crippen molar-refractivity contribution in [2.45, 2.75) is 39.5 Å². The number of carbonyl (C=O) groups is 1. The molecule has 116 valence electrons. The van der Waals surface area contributed by atoms with Crippen LogP contribution in [0.2, 0.25) is 0 Å². The Morgan fingerprint density at radius 2 is 1.86 bits per heavy atom. The van der Waals surface area contributed by atoms with Gasteiger partial charge in [0.15, 0.2) is 5.11 Å². The van der Waals surface area contributed by atoms with E-state index in [-0.39, 0.29) is 11.5 Å². The minimum Gasteiger partial charge on any atom is -0.349 e. The normalized spacial score (nSPS) is 10.2. The van der Waals surface area contributed by atoms with Gasteiger partial charge in [-0.1, -0.05) is 32.8 Å². The van der Waals surface area contributed by atoms with Crippen molar-refractivity contribution in [1.82, 2.24) is 10.2 Å². The lowest BCUT2D eigenvalue weighted by Gasteiger charge is -2.25. The molecule has 5 heteroatoms. The number of amides is 1. The zero-order chi connectivity index (χ0) is 15.7. The van der Waals surface area contributed by atoms with Crippen molar-refractivity contribution >= 4 is 23.2 Å². The number of benzene rings is 1. The number of hydrogen-bond donors (Lipinski definition) is 1. The second-order valence-electron chi connectivity index (χ2n) is 4.96. The van der Waals surface area contributed by atoms with Crippen molar-refractivity contribution in [3.05, 3.63) is 35.6 Å². The average molecular weight is 310 g/mol. The lowest BCUT2D eigenvalue weighted by Crippen LogP contribution is -2.43. The predicted molar refractivity (Wildman–Crippen MR) is 87.9 cm³/mol. The topological polar surface area (TPSA) is 32.3 Å². The summed E-state index contributed by atoms with van der Waals surface area (Å²) in [4.78, 5) is 14.1. The van der Waals surface area contributed by atoms with Crippen LogP contribution in [0, 0.1) is 5.82 Å². The molecule has 0 aliphatic rings. The van der Waals surface area contributed by atoms with Gasteiger partial charge in [-0.15, -0.1) is 0 Å². The van der Waals surface area contributed by atoms with E-state index in [0.717, 1.165) is 38.8 Å². The highest BCUT2D eigenvalue weighted by Gasteiger charge is 2.13. The largest absolute Gasteiger partial charge is 0.349 e. The summed E-state index contributed by atoms with van der Waals surface area (Å²) in [5.41, 5.74) is 0.281. The maximum Gasteiger partial charge on any atom is 0.257 e. The minimum absolute atomic E-state index is 0.281. The van der Waals surface area contributed by atoms with E-state index in [1.165, 1.54) is 18.2 Å². The molecule has 1 N–H and O–H groups in total. The molecule has 0 aliphatic heterocycles. The summed E-state index contributed by atoms with van der Waals surface area (Å²) >= 11 is 5.31. The fraction of sp³-hybridized carbons (Fsp3) is 0.500. The average Bonchev–Trinajstić information content (AvgIpc) is 2.47. The molecule has 1 amide bonds. The Morgan fingerprint density at radius 3 is 2.38 bits per heavy atom. The Labute approximate surface area is 131 Å². The monoisotopic (exact) mass is 310 g/mol. The molecular weight excluding hydrogens is 287 g/mol. The van der Waals surface area contributed by atoms with Crippen LogP contribution in [-0.2, 0) is 0 Å². The van der Waals surface area contributed by atoms with Crippen molar-refractivity contribution in [3.8, 4) is 0 Å². The Bertz CT molecular complexity index is 471. The fourth-order valence-corrected chi connectivity index (χ4v) is 2.17. The third-order valence-corrected chi connectivity index (χ3v) is 3.52. The van der Waals surface area contributed by atoms with E-state index >= 15 is 0 Å². The third kappa shape index (κ3) is 6.21. The summed E-state index contributed by atoms with van der Waals surface area (Å²) in [7, 11) is 0. The standard InChI is InChI=1S/C16H23FN2OS/c1-3-5-10-19(11-6-4-2)16(21)18-15(20)13-8-7-9-14(17)12-13/h7-9,12H,3-6,10-11H2,1-2H3,(H,18,20,21). The molecule has 1 rings (SSSR count). The first-order valence-electron chi connectivity index (χ1n) is 7.44. The van der Waals surface area contributed by atoms with E-state index in [1.807, 2.05) is 4.90 Å². The molecule has 21 heavy (non-hydrogen) atoms. The van der Waals surface area contributed by atoms with Crippen LogP contribution >= 0.6 is 12.2 Å². The van der Waals surface area contributed by atoms with Crippen LogP contribution in [0.25, 0.3) is 0 Å². The molecule has 0 unspecified atom stereocenters. The zero-order valence-corrected chi connectivity index (χ0v) is 13.5. The number of hydrogen-bond acceptors (Lipinski definition) is 2. The molecule has 0 atom stereocenters. The van der Waals surface area contributed by atoms with Crippen LogP contribution in [0.5, 0.6) is 0 Å². The second kappa shape index (κ2) is 9.45. The zero-order valence-electron chi connectivity index (χ0n) is 12.7. The first-order valence-corrected chi connectivity index (χ1v) is 7.85. The van der Waals surface area contributed by atoms with Crippen LogP contribution in [-0.4, -0.2) is 29.0 Å². The first kappa shape index (κ1) is 17.6. The summed E-state index contributed by atoms with van der Waals surface area (Å²) in [6, 6.07) is 5.60. The summed E-state index contributed by atoms with van der Waals surface area (Å²) in [6.45, 7) is 5.90. The smallest absolute Gasteiger partial charge is 0.257 e. The van der Waals surface area contributed by atoms with Gasteiger partial charge < -0.3 is 4.90 Å². The number of thiocarbonyl (C=S) groups is 1. The van der Waals surface area contributed by atoms with Crippen LogP contribution in [0.3, 0.4) is 0 Å². The quantitative estimate of drug-likeness (QED) is 0.779. The number of nitrogens with zero attached hydrogens (tertiary/aromatic N) is 1. The van der Waals surface area contributed by atoms with Crippen LogP contribution < -0.4 is 5.32 Å². The summed E-state index contributed by atoms with van der Waals surface area (Å²) < 4.78 is 13.1.